The first-order valence-corrected chi connectivity index (χ1v) is 6.55. The van der Waals surface area contributed by atoms with Gasteiger partial charge in [-0.05, 0) is 26.0 Å². The van der Waals surface area contributed by atoms with Gasteiger partial charge in [-0.15, -0.1) is 0 Å². The highest BCUT2D eigenvalue weighted by Gasteiger charge is 2.14. The molecule has 21 heavy (non-hydrogen) atoms. The minimum atomic E-state index is -0.469. The van der Waals surface area contributed by atoms with E-state index in [1.165, 1.54) is 16.7 Å². The average Bonchev–Trinajstić information content (AvgIpc) is 2.46. The van der Waals surface area contributed by atoms with E-state index in [1.54, 1.807) is 24.3 Å². The molecule has 0 atom stereocenters. The molecule has 1 aromatic heterocycles. The van der Waals surface area contributed by atoms with E-state index in [9.17, 15) is 20.0 Å². The lowest BCUT2D eigenvalue weighted by atomic mass is 10.1. The molecule has 6 nitrogen and oxygen atoms in total. The fourth-order valence-corrected chi connectivity index (χ4v) is 2.24. The molecule has 0 spiro atoms. The molecule has 0 aliphatic heterocycles. The number of hydrogen-bond donors (Lipinski definition) is 1. The van der Waals surface area contributed by atoms with Crippen molar-refractivity contribution in [3.05, 3.63) is 62.4 Å². The van der Waals surface area contributed by atoms with Crippen LogP contribution >= 0.6 is 0 Å². The second kappa shape index (κ2) is 5.88. The lowest BCUT2D eigenvalue weighted by Gasteiger charge is -2.17. The molecule has 6 heteroatoms. The maximum absolute atomic E-state index is 12.3. The number of rotatable bonds is 4. The maximum atomic E-state index is 12.3. The Kier molecular flexibility index (Phi) is 4.18. The zero-order valence-corrected chi connectivity index (χ0v) is 11.8. The monoisotopic (exact) mass is 288 g/mol. The summed E-state index contributed by atoms with van der Waals surface area (Å²) in [7, 11) is 0. The second-order valence-corrected chi connectivity index (χ2v) is 4.98. The van der Waals surface area contributed by atoms with E-state index in [2.05, 4.69) is 0 Å². The first-order chi connectivity index (χ1) is 9.95. The number of aromatic nitrogens is 1. The quantitative estimate of drug-likeness (QED) is 0.692. The van der Waals surface area contributed by atoms with E-state index >= 15 is 0 Å². The van der Waals surface area contributed by atoms with Crippen LogP contribution in [0.1, 0.15) is 25.5 Å². The molecule has 1 N–H and O–H groups in total. The lowest BCUT2D eigenvalue weighted by molar-refractivity contribution is -0.384. The van der Waals surface area contributed by atoms with Gasteiger partial charge in [0.2, 0.25) is 0 Å². The molecule has 1 heterocycles. The van der Waals surface area contributed by atoms with E-state index in [0.29, 0.717) is 16.8 Å². The second-order valence-electron chi connectivity index (χ2n) is 4.98. The molecule has 110 valence electrons. The minimum Gasteiger partial charge on any atom is -0.391 e. The van der Waals surface area contributed by atoms with Crippen molar-refractivity contribution in [3.63, 3.8) is 0 Å². The first kappa shape index (κ1) is 14.9. The number of nitrogens with zero attached hydrogens (tertiary/aromatic N) is 2. The molecule has 1 aromatic carbocycles. The Bertz CT molecular complexity index is 735. The Labute approximate surface area is 121 Å². The number of nitro groups is 1. The van der Waals surface area contributed by atoms with Gasteiger partial charge in [0, 0.05) is 29.3 Å². The van der Waals surface area contributed by atoms with Crippen molar-refractivity contribution in [2.24, 2.45) is 0 Å². The summed E-state index contributed by atoms with van der Waals surface area (Å²) < 4.78 is 1.53. The molecule has 0 unspecified atom stereocenters. The number of aliphatic hydroxyl groups is 1. The molecule has 2 aromatic rings. The molecule has 0 aliphatic rings. The molecular formula is C15H16N2O4. The van der Waals surface area contributed by atoms with Crippen LogP contribution in [0.4, 0.5) is 5.69 Å². The summed E-state index contributed by atoms with van der Waals surface area (Å²) in [5, 5.41) is 20.1. The van der Waals surface area contributed by atoms with Gasteiger partial charge in [-0.3, -0.25) is 14.9 Å². The van der Waals surface area contributed by atoms with Crippen molar-refractivity contribution in [2.75, 3.05) is 0 Å². The Balaban J connectivity index is 2.69. The van der Waals surface area contributed by atoms with Crippen molar-refractivity contribution < 1.29 is 10.0 Å². The Hall–Kier alpha value is -2.47. The van der Waals surface area contributed by atoms with Crippen LogP contribution in [0.2, 0.25) is 0 Å². The predicted octanol–water partition coefficient (Wildman–Crippen LogP) is 2.50. The Morgan fingerprint density at radius 1 is 1.29 bits per heavy atom. The minimum absolute atomic E-state index is 0.0264. The molecular weight excluding hydrogens is 272 g/mol. The normalized spacial score (nSPS) is 10.9. The van der Waals surface area contributed by atoms with Crippen LogP contribution in [-0.2, 0) is 6.61 Å². The molecule has 2 rings (SSSR count). The van der Waals surface area contributed by atoms with Gasteiger partial charge in [-0.25, -0.2) is 0 Å². The third-order valence-corrected chi connectivity index (χ3v) is 3.23. The molecule has 0 radical (unpaired) electrons. The SMILES string of the molecule is CC(C)n1c(-c2cccc([N+](=O)[O-])c2)ccc(CO)c1=O. The van der Waals surface area contributed by atoms with Crippen molar-refractivity contribution in [2.45, 2.75) is 26.5 Å². The number of aliphatic hydroxyl groups excluding tert-OH is 1. The highest BCUT2D eigenvalue weighted by Crippen LogP contribution is 2.25. The summed E-state index contributed by atoms with van der Waals surface area (Å²) in [6.07, 6.45) is 0. The fraction of sp³-hybridized carbons (Fsp3) is 0.267. The summed E-state index contributed by atoms with van der Waals surface area (Å²) in [6.45, 7) is 3.37. The van der Waals surface area contributed by atoms with E-state index in [-0.39, 0.29) is 23.9 Å². The Morgan fingerprint density at radius 3 is 2.57 bits per heavy atom. The van der Waals surface area contributed by atoms with Crippen molar-refractivity contribution in [3.8, 4) is 11.3 Å². The topological polar surface area (TPSA) is 85.4 Å². The first-order valence-electron chi connectivity index (χ1n) is 6.55. The molecule has 0 amide bonds. The van der Waals surface area contributed by atoms with E-state index in [0.717, 1.165) is 0 Å². The maximum Gasteiger partial charge on any atom is 0.270 e. The summed E-state index contributed by atoms with van der Waals surface area (Å²) in [4.78, 5) is 22.7. The summed E-state index contributed by atoms with van der Waals surface area (Å²) >= 11 is 0. The zero-order chi connectivity index (χ0) is 15.6. The summed E-state index contributed by atoms with van der Waals surface area (Å²) in [5.74, 6) is 0. The fourth-order valence-electron chi connectivity index (χ4n) is 2.24. The Morgan fingerprint density at radius 2 is 2.00 bits per heavy atom. The van der Waals surface area contributed by atoms with Gasteiger partial charge in [0.25, 0.3) is 11.2 Å². The van der Waals surface area contributed by atoms with Gasteiger partial charge in [-0.1, -0.05) is 12.1 Å². The predicted molar refractivity (Wildman–Crippen MR) is 79.1 cm³/mol. The van der Waals surface area contributed by atoms with Crippen LogP contribution in [-0.4, -0.2) is 14.6 Å². The smallest absolute Gasteiger partial charge is 0.270 e. The van der Waals surface area contributed by atoms with Gasteiger partial charge in [0.05, 0.1) is 17.2 Å². The van der Waals surface area contributed by atoms with Crippen LogP contribution in [0.15, 0.2) is 41.2 Å². The number of benzene rings is 1. The molecule has 0 fully saturated rings. The number of pyridine rings is 1. The average molecular weight is 288 g/mol. The summed E-state index contributed by atoms with van der Waals surface area (Å²) in [5.41, 5.74) is 1.19. The molecule has 0 saturated carbocycles. The van der Waals surface area contributed by atoms with E-state index < -0.39 is 4.92 Å². The number of nitro benzene ring substituents is 1. The van der Waals surface area contributed by atoms with Crippen molar-refractivity contribution in [1.29, 1.82) is 0 Å². The van der Waals surface area contributed by atoms with Crippen molar-refractivity contribution >= 4 is 5.69 Å². The van der Waals surface area contributed by atoms with Crippen LogP contribution in [0.5, 0.6) is 0 Å². The lowest BCUT2D eigenvalue weighted by Crippen LogP contribution is -2.26. The highest BCUT2D eigenvalue weighted by atomic mass is 16.6. The molecule has 0 bridgehead atoms. The van der Waals surface area contributed by atoms with Gasteiger partial charge in [0.15, 0.2) is 0 Å². The summed E-state index contributed by atoms with van der Waals surface area (Å²) in [6, 6.07) is 9.28. The third-order valence-electron chi connectivity index (χ3n) is 3.23. The number of hydrogen-bond acceptors (Lipinski definition) is 4. The zero-order valence-electron chi connectivity index (χ0n) is 11.8. The molecule has 0 aliphatic carbocycles. The van der Waals surface area contributed by atoms with Gasteiger partial charge in [-0.2, -0.15) is 0 Å². The number of non-ortho nitro benzene ring substituents is 1. The van der Waals surface area contributed by atoms with Crippen LogP contribution < -0.4 is 5.56 Å². The largest absolute Gasteiger partial charge is 0.391 e. The van der Waals surface area contributed by atoms with E-state index in [4.69, 9.17) is 0 Å². The standard InChI is InChI=1S/C15H16N2O4/c1-10(2)16-14(7-6-12(9-18)15(16)19)11-4-3-5-13(8-11)17(20)21/h3-8,10,18H,9H2,1-2H3. The van der Waals surface area contributed by atoms with Gasteiger partial charge >= 0.3 is 0 Å². The van der Waals surface area contributed by atoms with Gasteiger partial charge < -0.3 is 9.67 Å². The van der Waals surface area contributed by atoms with Crippen LogP contribution in [0, 0.1) is 10.1 Å². The van der Waals surface area contributed by atoms with Crippen molar-refractivity contribution in [1.82, 2.24) is 4.57 Å². The third kappa shape index (κ3) is 2.85. The van der Waals surface area contributed by atoms with Crippen LogP contribution in [0.3, 0.4) is 0 Å². The van der Waals surface area contributed by atoms with Gasteiger partial charge in [0.1, 0.15) is 0 Å². The van der Waals surface area contributed by atoms with Crippen LogP contribution in [0.25, 0.3) is 11.3 Å². The molecule has 0 saturated heterocycles. The van der Waals surface area contributed by atoms with E-state index in [1.807, 2.05) is 13.8 Å². The highest BCUT2D eigenvalue weighted by molar-refractivity contribution is 5.63.